The van der Waals surface area contributed by atoms with Gasteiger partial charge >= 0.3 is 0 Å². The number of thioether (sulfide) groups is 1. The molecular weight excluding hydrogens is 388 g/mol. The summed E-state index contributed by atoms with van der Waals surface area (Å²) in [7, 11) is 1.53. The van der Waals surface area contributed by atoms with Crippen molar-refractivity contribution in [2.75, 3.05) is 19.0 Å². The predicted molar refractivity (Wildman–Crippen MR) is 106 cm³/mol. The Morgan fingerprint density at radius 2 is 1.89 bits per heavy atom. The molecule has 2 aromatic rings. The third-order valence-electron chi connectivity index (χ3n) is 3.75. The fourth-order valence-electron chi connectivity index (χ4n) is 2.46. The van der Waals surface area contributed by atoms with Crippen LogP contribution in [0.1, 0.15) is 5.56 Å². The normalized spacial score (nSPS) is 15.3. The molecule has 1 fully saturated rings. The Bertz CT molecular complexity index is 945. The van der Waals surface area contributed by atoms with Gasteiger partial charge in [0, 0.05) is 5.56 Å². The van der Waals surface area contributed by atoms with Crippen LogP contribution < -0.4 is 10.1 Å². The average molecular weight is 403 g/mol. The van der Waals surface area contributed by atoms with Crippen LogP contribution in [-0.2, 0) is 9.59 Å². The number of carbonyl (C=O) groups is 3. The zero-order valence-corrected chi connectivity index (χ0v) is 15.8. The Hall–Kier alpha value is -2.77. The Balaban J connectivity index is 1.73. The highest BCUT2D eigenvalue weighted by Crippen LogP contribution is 2.33. The van der Waals surface area contributed by atoms with Gasteiger partial charge in [0.25, 0.3) is 11.1 Å². The first-order valence-electron chi connectivity index (χ1n) is 7.92. The van der Waals surface area contributed by atoms with Crippen molar-refractivity contribution in [3.63, 3.8) is 0 Å². The van der Waals surface area contributed by atoms with E-state index in [-0.39, 0.29) is 11.4 Å². The van der Waals surface area contributed by atoms with E-state index >= 15 is 0 Å². The molecule has 3 rings (SSSR count). The first-order valence-corrected chi connectivity index (χ1v) is 9.12. The molecule has 1 N–H and O–H groups in total. The summed E-state index contributed by atoms with van der Waals surface area (Å²) in [4.78, 5) is 38.1. The first kappa shape index (κ1) is 19.0. The molecule has 27 heavy (non-hydrogen) atoms. The van der Waals surface area contributed by atoms with Crippen LogP contribution in [0.15, 0.2) is 53.4 Å². The summed E-state index contributed by atoms with van der Waals surface area (Å²) in [5, 5.41) is 2.46. The summed E-state index contributed by atoms with van der Waals surface area (Å²) in [6.07, 6.45) is 1.58. The highest BCUT2D eigenvalue weighted by atomic mass is 35.5. The van der Waals surface area contributed by atoms with Crippen molar-refractivity contribution in [3.8, 4) is 5.75 Å². The number of benzene rings is 2. The average Bonchev–Trinajstić information content (AvgIpc) is 2.91. The number of amides is 3. The lowest BCUT2D eigenvalue weighted by Crippen LogP contribution is -2.36. The van der Waals surface area contributed by atoms with Crippen LogP contribution >= 0.6 is 23.4 Å². The van der Waals surface area contributed by atoms with Crippen LogP contribution in [0, 0.1) is 0 Å². The quantitative estimate of drug-likeness (QED) is 0.764. The summed E-state index contributed by atoms with van der Waals surface area (Å²) >= 11 is 6.78. The third-order valence-corrected chi connectivity index (χ3v) is 4.99. The number of anilines is 1. The highest BCUT2D eigenvalue weighted by Gasteiger charge is 2.36. The number of hydrogen-bond donors (Lipinski definition) is 1. The van der Waals surface area contributed by atoms with E-state index in [1.165, 1.54) is 7.11 Å². The molecule has 0 unspecified atom stereocenters. The SMILES string of the molecule is COc1ccccc1/C=C1/SC(=O)N(CC(=O)Nc2ccccc2Cl)C1=O. The van der Waals surface area contributed by atoms with E-state index in [0.29, 0.717) is 22.0 Å². The monoisotopic (exact) mass is 402 g/mol. The second-order valence-electron chi connectivity index (χ2n) is 5.54. The number of rotatable bonds is 5. The second kappa shape index (κ2) is 8.28. The molecule has 6 nitrogen and oxygen atoms in total. The van der Waals surface area contributed by atoms with Crippen molar-refractivity contribution in [2.45, 2.75) is 0 Å². The molecule has 1 saturated heterocycles. The molecular formula is C19H15ClN2O4S. The van der Waals surface area contributed by atoms with Crippen molar-refractivity contribution in [1.29, 1.82) is 0 Å². The molecule has 1 aliphatic rings. The number of nitrogens with one attached hydrogen (secondary N) is 1. The van der Waals surface area contributed by atoms with Crippen molar-refractivity contribution in [2.24, 2.45) is 0 Å². The number of nitrogens with zero attached hydrogens (tertiary/aromatic N) is 1. The molecule has 0 spiro atoms. The number of carbonyl (C=O) groups excluding carboxylic acids is 3. The van der Waals surface area contributed by atoms with Crippen LogP contribution in [0.2, 0.25) is 5.02 Å². The lowest BCUT2D eigenvalue weighted by atomic mass is 10.2. The van der Waals surface area contributed by atoms with Crippen LogP contribution in [-0.4, -0.2) is 35.6 Å². The minimum Gasteiger partial charge on any atom is -0.496 e. The van der Waals surface area contributed by atoms with E-state index < -0.39 is 17.1 Å². The topological polar surface area (TPSA) is 75.7 Å². The standard InChI is InChI=1S/C19H15ClN2O4S/c1-26-15-9-5-2-6-12(15)10-16-18(24)22(19(25)27-16)11-17(23)21-14-8-4-3-7-13(14)20/h2-10H,11H2,1H3,(H,21,23)/b16-10+. The van der Waals surface area contributed by atoms with Crippen LogP contribution in [0.3, 0.4) is 0 Å². The third kappa shape index (κ3) is 4.32. The number of hydrogen-bond acceptors (Lipinski definition) is 5. The predicted octanol–water partition coefficient (Wildman–Crippen LogP) is 4.02. The molecule has 0 aliphatic carbocycles. The van der Waals surface area contributed by atoms with Gasteiger partial charge in [0.1, 0.15) is 12.3 Å². The highest BCUT2D eigenvalue weighted by molar-refractivity contribution is 8.18. The number of halogens is 1. The van der Waals surface area contributed by atoms with Gasteiger partial charge in [0.05, 0.1) is 22.7 Å². The molecule has 0 atom stereocenters. The van der Waals surface area contributed by atoms with E-state index in [1.807, 2.05) is 0 Å². The summed E-state index contributed by atoms with van der Waals surface area (Å²) in [5.74, 6) is -0.449. The summed E-state index contributed by atoms with van der Waals surface area (Å²) in [6.45, 7) is -0.390. The molecule has 1 heterocycles. The van der Waals surface area contributed by atoms with Gasteiger partial charge in [0.15, 0.2) is 0 Å². The Labute approximate surface area is 165 Å². The lowest BCUT2D eigenvalue weighted by Gasteiger charge is -2.13. The number of imide groups is 1. The maximum Gasteiger partial charge on any atom is 0.294 e. The Morgan fingerprint density at radius 1 is 1.19 bits per heavy atom. The zero-order valence-electron chi connectivity index (χ0n) is 14.3. The van der Waals surface area contributed by atoms with Gasteiger partial charge in [-0.25, -0.2) is 0 Å². The molecule has 8 heteroatoms. The van der Waals surface area contributed by atoms with Crippen LogP contribution in [0.25, 0.3) is 6.08 Å². The Kier molecular flexibility index (Phi) is 5.83. The van der Waals surface area contributed by atoms with Crippen molar-refractivity contribution in [1.82, 2.24) is 4.90 Å². The van der Waals surface area contributed by atoms with Gasteiger partial charge in [-0.3, -0.25) is 19.3 Å². The van der Waals surface area contributed by atoms with Gasteiger partial charge in [-0.1, -0.05) is 41.9 Å². The largest absolute Gasteiger partial charge is 0.496 e. The molecule has 138 valence electrons. The molecule has 2 aromatic carbocycles. The van der Waals surface area contributed by atoms with E-state index in [4.69, 9.17) is 16.3 Å². The van der Waals surface area contributed by atoms with Gasteiger partial charge in [-0.15, -0.1) is 0 Å². The molecule has 0 radical (unpaired) electrons. The maximum atomic E-state index is 12.5. The van der Waals surface area contributed by atoms with E-state index in [2.05, 4.69) is 5.32 Å². The van der Waals surface area contributed by atoms with Crippen molar-refractivity contribution < 1.29 is 19.1 Å². The summed E-state index contributed by atoms with van der Waals surface area (Å²) < 4.78 is 5.25. The minimum absolute atomic E-state index is 0.232. The van der Waals surface area contributed by atoms with Crippen LogP contribution in [0.5, 0.6) is 5.75 Å². The second-order valence-corrected chi connectivity index (χ2v) is 6.94. The molecule has 1 aliphatic heterocycles. The van der Waals surface area contributed by atoms with Gasteiger partial charge in [-0.05, 0) is 36.0 Å². The van der Waals surface area contributed by atoms with Gasteiger partial charge in [-0.2, -0.15) is 0 Å². The van der Waals surface area contributed by atoms with Crippen molar-refractivity contribution in [3.05, 3.63) is 64.0 Å². The van der Waals surface area contributed by atoms with Gasteiger partial charge in [0.2, 0.25) is 5.91 Å². The number of ether oxygens (including phenoxy) is 1. The van der Waals surface area contributed by atoms with Gasteiger partial charge < -0.3 is 10.1 Å². The number of para-hydroxylation sites is 2. The first-order chi connectivity index (χ1) is 13.0. The van der Waals surface area contributed by atoms with Crippen molar-refractivity contribution >= 4 is 52.2 Å². The van der Waals surface area contributed by atoms with E-state index in [1.54, 1.807) is 54.6 Å². The fraction of sp³-hybridized carbons (Fsp3) is 0.105. The molecule has 0 aromatic heterocycles. The molecule has 0 saturated carbocycles. The molecule has 0 bridgehead atoms. The fourth-order valence-corrected chi connectivity index (χ4v) is 3.47. The smallest absolute Gasteiger partial charge is 0.294 e. The number of methoxy groups -OCH3 is 1. The van der Waals surface area contributed by atoms with E-state index in [9.17, 15) is 14.4 Å². The molecule has 3 amide bonds. The Morgan fingerprint density at radius 3 is 2.63 bits per heavy atom. The zero-order chi connectivity index (χ0) is 19.4. The summed E-state index contributed by atoms with van der Waals surface area (Å²) in [6, 6.07) is 13.9. The maximum absolute atomic E-state index is 12.5. The van der Waals surface area contributed by atoms with Crippen LogP contribution in [0.4, 0.5) is 10.5 Å². The van der Waals surface area contributed by atoms with E-state index in [0.717, 1.165) is 16.7 Å². The summed E-state index contributed by atoms with van der Waals surface area (Å²) in [5.41, 5.74) is 1.09. The minimum atomic E-state index is -0.523. The lowest BCUT2D eigenvalue weighted by molar-refractivity contribution is -0.127.